The molecule has 1 aliphatic rings. The molecule has 1 aliphatic heterocycles. The van der Waals surface area contributed by atoms with Crippen LogP contribution in [0.15, 0.2) is 24.4 Å². The van der Waals surface area contributed by atoms with Gasteiger partial charge in [-0.25, -0.2) is 0 Å². The van der Waals surface area contributed by atoms with Crippen molar-refractivity contribution in [3.8, 4) is 5.75 Å². The van der Waals surface area contributed by atoms with Crippen LogP contribution in [-0.2, 0) is 13.5 Å². The molecule has 0 saturated heterocycles. The number of nitrogens with zero attached hydrogens (tertiary/aromatic N) is 2. The first-order valence-corrected chi connectivity index (χ1v) is 7.59. The Morgan fingerprint density at radius 1 is 1.38 bits per heavy atom. The highest BCUT2D eigenvalue weighted by atomic mass is 16.5. The van der Waals surface area contributed by atoms with E-state index in [4.69, 9.17) is 4.74 Å². The third-order valence-electron chi connectivity index (χ3n) is 4.23. The monoisotopic (exact) mass is 285 g/mol. The molecule has 112 valence electrons. The zero-order valence-corrected chi connectivity index (χ0v) is 13.2. The minimum Gasteiger partial charge on any atom is -0.485 e. The average Bonchev–Trinajstić information content (AvgIpc) is 2.87. The van der Waals surface area contributed by atoms with Crippen molar-refractivity contribution in [2.24, 2.45) is 7.05 Å². The number of rotatable bonds is 3. The molecule has 1 aromatic heterocycles. The molecule has 4 nitrogen and oxygen atoms in total. The van der Waals surface area contributed by atoms with E-state index >= 15 is 0 Å². The molecule has 2 aromatic rings. The van der Waals surface area contributed by atoms with Gasteiger partial charge < -0.3 is 10.1 Å². The maximum atomic E-state index is 6.27. The number of aromatic nitrogens is 2. The molecule has 0 aliphatic carbocycles. The molecule has 2 heterocycles. The largest absolute Gasteiger partial charge is 0.485 e. The van der Waals surface area contributed by atoms with Crippen LogP contribution in [0.3, 0.4) is 0 Å². The Morgan fingerprint density at radius 2 is 2.19 bits per heavy atom. The van der Waals surface area contributed by atoms with E-state index in [9.17, 15) is 0 Å². The van der Waals surface area contributed by atoms with Gasteiger partial charge in [-0.3, -0.25) is 4.68 Å². The minimum absolute atomic E-state index is 0.0707. The van der Waals surface area contributed by atoms with Crippen LogP contribution < -0.4 is 10.1 Å². The lowest BCUT2D eigenvalue weighted by atomic mass is 9.92. The number of fused-ring (bicyclic) bond motifs is 1. The topological polar surface area (TPSA) is 39.1 Å². The summed E-state index contributed by atoms with van der Waals surface area (Å²) in [6, 6.07) is 6.74. The fraction of sp³-hybridized carbons (Fsp3) is 0.471. The lowest BCUT2D eigenvalue weighted by molar-refractivity contribution is 0.153. The predicted molar refractivity (Wildman–Crippen MR) is 83.6 cm³/mol. The van der Waals surface area contributed by atoms with Gasteiger partial charge in [-0.05, 0) is 26.5 Å². The molecule has 0 saturated carbocycles. The highest BCUT2D eigenvalue weighted by Gasteiger charge is 2.30. The Balaban J connectivity index is 1.98. The van der Waals surface area contributed by atoms with Crippen LogP contribution in [0.5, 0.6) is 5.75 Å². The summed E-state index contributed by atoms with van der Waals surface area (Å²) in [7, 11) is 3.99. The molecule has 0 fully saturated rings. The molecular weight excluding hydrogens is 262 g/mol. The Hall–Kier alpha value is -1.81. The van der Waals surface area contributed by atoms with Crippen molar-refractivity contribution >= 4 is 0 Å². The van der Waals surface area contributed by atoms with E-state index in [2.05, 4.69) is 48.7 Å². The number of hydrogen-bond acceptors (Lipinski definition) is 3. The lowest BCUT2D eigenvalue weighted by Gasteiger charge is -2.32. The summed E-state index contributed by atoms with van der Waals surface area (Å²) >= 11 is 0. The van der Waals surface area contributed by atoms with E-state index in [-0.39, 0.29) is 6.10 Å². The molecule has 0 amide bonds. The fourth-order valence-electron chi connectivity index (χ4n) is 3.15. The van der Waals surface area contributed by atoms with Crippen molar-refractivity contribution in [1.82, 2.24) is 15.1 Å². The van der Waals surface area contributed by atoms with E-state index in [0.717, 1.165) is 24.3 Å². The van der Waals surface area contributed by atoms with Crippen molar-refractivity contribution in [3.05, 3.63) is 46.8 Å². The zero-order valence-electron chi connectivity index (χ0n) is 13.2. The Labute approximate surface area is 126 Å². The molecule has 2 atom stereocenters. The summed E-state index contributed by atoms with van der Waals surface area (Å²) in [6.07, 6.45) is 4.03. The van der Waals surface area contributed by atoms with Crippen LogP contribution in [0.25, 0.3) is 0 Å². The Bertz CT molecular complexity index is 647. The van der Waals surface area contributed by atoms with Gasteiger partial charge in [0.25, 0.3) is 0 Å². The summed E-state index contributed by atoms with van der Waals surface area (Å²) < 4.78 is 8.15. The Morgan fingerprint density at radius 3 is 2.90 bits per heavy atom. The van der Waals surface area contributed by atoms with Crippen LogP contribution in [0.2, 0.25) is 0 Å². The first-order chi connectivity index (χ1) is 10.1. The summed E-state index contributed by atoms with van der Waals surface area (Å²) in [5.74, 6) is 0.988. The normalized spacial score (nSPS) is 21.0. The van der Waals surface area contributed by atoms with Gasteiger partial charge in [0.1, 0.15) is 11.9 Å². The van der Waals surface area contributed by atoms with Gasteiger partial charge in [0, 0.05) is 36.8 Å². The average molecular weight is 285 g/mol. The molecule has 1 N–H and O–H groups in total. The molecule has 1 aromatic carbocycles. The summed E-state index contributed by atoms with van der Waals surface area (Å²) in [4.78, 5) is 0. The SMILES string of the molecule is CCc1nn(C)cc1C1CC(NC)c2cc(C)ccc2O1. The minimum atomic E-state index is 0.0707. The van der Waals surface area contributed by atoms with Gasteiger partial charge in [-0.2, -0.15) is 5.10 Å². The Kier molecular flexibility index (Phi) is 3.72. The van der Waals surface area contributed by atoms with Gasteiger partial charge in [0.05, 0.1) is 5.69 Å². The molecule has 2 unspecified atom stereocenters. The number of benzene rings is 1. The molecule has 0 radical (unpaired) electrons. The molecule has 0 spiro atoms. The zero-order chi connectivity index (χ0) is 15.0. The van der Waals surface area contributed by atoms with Crippen molar-refractivity contribution < 1.29 is 4.74 Å². The third-order valence-corrected chi connectivity index (χ3v) is 4.23. The molecule has 3 rings (SSSR count). The number of ether oxygens (including phenoxy) is 1. The second kappa shape index (κ2) is 5.53. The third kappa shape index (κ3) is 2.56. The highest BCUT2D eigenvalue weighted by Crippen LogP contribution is 2.41. The summed E-state index contributed by atoms with van der Waals surface area (Å²) in [5.41, 5.74) is 4.88. The second-order valence-electron chi connectivity index (χ2n) is 5.78. The molecule has 0 bridgehead atoms. The van der Waals surface area contributed by atoms with Gasteiger partial charge in [-0.1, -0.05) is 24.6 Å². The number of hydrogen-bond donors (Lipinski definition) is 1. The second-order valence-corrected chi connectivity index (χ2v) is 5.78. The van der Waals surface area contributed by atoms with Crippen molar-refractivity contribution in [1.29, 1.82) is 0 Å². The maximum Gasteiger partial charge on any atom is 0.129 e. The van der Waals surface area contributed by atoms with Crippen molar-refractivity contribution in [2.75, 3.05) is 7.05 Å². The van der Waals surface area contributed by atoms with Crippen LogP contribution >= 0.6 is 0 Å². The van der Waals surface area contributed by atoms with E-state index in [1.54, 1.807) is 0 Å². The van der Waals surface area contributed by atoms with E-state index in [1.807, 2.05) is 18.8 Å². The van der Waals surface area contributed by atoms with Crippen molar-refractivity contribution in [2.45, 2.75) is 38.8 Å². The van der Waals surface area contributed by atoms with Gasteiger partial charge in [0.15, 0.2) is 0 Å². The first kappa shape index (κ1) is 14.1. The van der Waals surface area contributed by atoms with Crippen molar-refractivity contribution in [3.63, 3.8) is 0 Å². The van der Waals surface area contributed by atoms with Gasteiger partial charge in [-0.15, -0.1) is 0 Å². The van der Waals surface area contributed by atoms with E-state index in [1.165, 1.54) is 16.7 Å². The molecule has 4 heteroatoms. The van der Waals surface area contributed by atoms with E-state index in [0.29, 0.717) is 6.04 Å². The first-order valence-electron chi connectivity index (χ1n) is 7.59. The standard InChI is InChI=1S/C17H23N3O/c1-5-14-13(10-20(4)19-14)17-9-15(18-3)12-8-11(2)6-7-16(12)21-17/h6-8,10,15,17-18H,5,9H2,1-4H3. The summed E-state index contributed by atoms with van der Waals surface area (Å²) in [6.45, 7) is 4.26. The fourth-order valence-corrected chi connectivity index (χ4v) is 3.15. The van der Waals surface area contributed by atoms with E-state index < -0.39 is 0 Å². The molecular formula is C17H23N3O. The van der Waals surface area contributed by atoms with Crippen LogP contribution in [0.4, 0.5) is 0 Å². The molecule has 21 heavy (non-hydrogen) atoms. The predicted octanol–water partition coefficient (Wildman–Crippen LogP) is 3.08. The summed E-state index contributed by atoms with van der Waals surface area (Å²) in [5, 5.41) is 7.97. The smallest absolute Gasteiger partial charge is 0.129 e. The van der Waals surface area contributed by atoms with Crippen LogP contribution in [-0.4, -0.2) is 16.8 Å². The van der Waals surface area contributed by atoms with Crippen LogP contribution in [0.1, 0.15) is 47.9 Å². The highest BCUT2D eigenvalue weighted by molar-refractivity contribution is 5.42. The number of nitrogens with one attached hydrogen (secondary N) is 1. The lowest BCUT2D eigenvalue weighted by Crippen LogP contribution is -2.27. The van der Waals surface area contributed by atoms with Gasteiger partial charge in [0.2, 0.25) is 0 Å². The maximum absolute atomic E-state index is 6.27. The van der Waals surface area contributed by atoms with Gasteiger partial charge >= 0.3 is 0 Å². The van der Waals surface area contributed by atoms with Crippen LogP contribution in [0, 0.1) is 6.92 Å². The number of aryl methyl sites for hydroxylation is 3. The quantitative estimate of drug-likeness (QED) is 0.942.